The van der Waals surface area contributed by atoms with Crippen molar-refractivity contribution in [3.05, 3.63) is 45.5 Å². The third-order valence-corrected chi connectivity index (χ3v) is 3.01. The number of hydrazone groups is 1. The Morgan fingerprint density at radius 3 is 2.09 bits per heavy atom. The van der Waals surface area contributed by atoms with Crippen molar-refractivity contribution in [3.63, 3.8) is 0 Å². The van der Waals surface area contributed by atoms with E-state index in [1.165, 1.54) is 37.6 Å². The van der Waals surface area contributed by atoms with Gasteiger partial charge in [-0.3, -0.25) is 15.0 Å². The summed E-state index contributed by atoms with van der Waals surface area (Å²) < 4.78 is 0. The average Bonchev–Trinajstić information content (AvgIpc) is 3.07. The first-order valence-corrected chi connectivity index (χ1v) is 7.05. The number of rotatable bonds is 3. The molecule has 0 bridgehead atoms. The molecule has 0 radical (unpaired) electrons. The van der Waals surface area contributed by atoms with Crippen LogP contribution in [0.2, 0.25) is 0 Å². The summed E-state index contributed by atoms with van der Waals surface area (Å²) in [6, 6.07) is 2.65. The van der Waals surface area contributed by atoms with Crippen LogP contribution in [0.5, 0.6) is 0 Å². The first-order valence-electron chi connectivity index (χ1n) is 7.05. The molecule has 0 aromatic carbocycles. The van der Waals surface area contributed by atoms with Gasteiger partial charge in [0.1, 0.15) is 5.82 Å². The van der Waals surface area contributed by atoms with Crippen molar-refractivity contribution < 1.29 is 0 Å². The van der Waals surface area contributed by atoms with Crippen molar-refractivity contribution >= 4 is 17.3 Å². The summed E-state index contributed by atoms with van der Waals surface area (Å²) in [4.78, 5) is 33.7. The van der Waals surface area contributed by atoms with E-state index in [0.29, 0.717) is 11.6 Å². The minimum atomic E-state index is -0.224. The number of nitrogens with one attached hydrogen (secondary N) is 4. The minimum absolute atomic E-state index is 0.172. The number of aromatic nitrogens is 4. The van der Waals surface area contributed by atoms with E-state index in [2.05, 4.69) is 35.9 Å². The fourth-order valence-corrected chi connectivity index (χ4v) is 1.91. The molecular weight excluding hydrogens is 300 g/mol. The van der Waals surface area contributed by atoms with Gasteiger partial charge >= 0.3 is 0 Å². The van der Waals surface area contributed by atoms with E-state index in [0.717, 1.165) is 18.6 Å². The Morgan fingerprint density at radius 1 is 1.00 bits per heavy atom. The number of nitrogens with zero attached hydrogens (tertiary/aromatic N) is 3. The van der Waals surface area contributed by atoms with E-state index in [1.807, 2.05) is 0 Å². The lowest BCUT2D eigenvalue weighted by atomic mass is 10.3. The summed E-state index contributed by atoms with van der Waals surface area (Å²) >= 11 is 0. The van der Waals surface area contributed by atoms with Crippen LogP contribution in [-0.2, 0) is 0 Å². The number of nitrogen functional groups attached to an aromatic ring is 1. The highest BCUT2D eigenvalue weighted by atomic mass is 16.1. The number of hydrogen-bond acceptors (Lipinski definition) is 8. The Balaban J connectivity index is 0.000000185. The summed E-state index contributed by atoms with van der Waals surface area (Å²) in [5.41, 5.74) is 5.78. The summed E-state index contributed by atoms with van der Waals surface area (Å²) in [6.07, 6.45) is 7.16. The van der Waals surface area contributed by atoms with Crippen LogP contribution in [0.15, 0.2) is 39.5 Å². The standard InChI is InChI=1S/C9H12N4O.C4H6N4O/c14-9-5-8(10-6-11-9)13-12-7-3-1-2-4-7;5-8-3-1-4(9)7-2-6-3/h5-6H,1-4H2,(H2,10,11,13,14);1-2H,5H2,(H2,6,7,8,9). The number of aromatic amines is 2. The maximum Gasteiger partial charge on any atom is 0.252 e. The fraction of sp³-hybridized carbons (Fsp3) is 0.308. The molecule has 1 saturated carbocycles. The van der Waals surface area contributed by atoms with Crippen molar-refractivity contribution in [2.24, 2.45) is 10.9 Å². The molecule has 1 aliphatic carbocycles. The average molecular weight is 318 g/mol. The number of hydrazine groups is 1. The lowest BCUT2D eigenvalue weighted by Gasteiger charge is -1.98. The molecule has 0 spiro atoms. The van der Waals surface area contributed by atoms with Crippen molar-refractivity contribution in [2.45, 2.75) is 25.7 Å². The van der Waals surface area contributed by atoms with Gasteiger partial charge in [0.15, 0.2) is 5.82 Å². The van der Waals surface area contributed by atoms with Gasteiger partial charge in [0.25, 0.3) is 11.1 Å². The highest BCUT2D eigenvalue weighted by molar-refractivity contribution is 5.86. The molecule has 0 saturated heterocycles. The zero-order valence-electron chi connectivity index (χ0n) is 12.4. The van der Waals surface area contributed by atoms with Crippen LogP contribution in [0.25, 0.3) is 0 Å². The lowest BCUT2D eigenvalue weighted by Crippen LogP contribution is -2.13. The maximum absolute atomic E-state index is 10.9. The van der Waals surface area contributed by atoms with E-state index < -0.39 is 0 Å². The van der Waals surface area contributed by atoms with Gasteiger partial charge in [-0.05, 0) is 25.7 Å². The quantitative estimate of drug-likeness (QED) is 0.399. The summed E-state index contributed by atoms with van der Waals surface area (Å²) in [5, 5.41) is 4.19. The molecule has 10 nitrogen and oxygen atoms in total. The number of anilines is 2. The van der Waals surface area contributed by atoms with Gasteiger partial charge in [0, 0.05) is 17.8 Å². The summed E-state index contributed by atoms with van der Waals surface area (Å²) in [7, 11) is 0. The zero-order valence-corrected chi connectivity index (χ0v) is 12.4. The molecular formula is C13H18N8O2. The predicted octanol–water partition coefficient (Wildman–Crippen LogP) is 0.167. The molecule has 6 N–H and O–H groups in total. The van der Waals surface area contributed by atoms with Gasteiger partial charge in [0.05, 0.1) is 12.7 Å². The van der Waals surface area contributed by atoms with Crippen LogP contribution in [-0.4, -0.2) is 25.6 Å². The third kappa shape index (κ3) is 5.71. The second-order valence-corrected chi connectivity index (χ2v) is 4.73. The number of hydrogen-bond donors (Lipinski definition) is 5. The van der Waals surface area contributed by atoms with Gasteiger partial charge in [-0.25, -0.2) is 15.8 Å². The second-order valence-electron chi connectivity index (χ2n) is 4.73. The van der Waals surface area contributed by atoms with E-state index >= 15 is 0 Å². The highest BCUT2D eigenvalue weighted by Crippen LogP contribution is 2.14. The Hall–Kier alpha value is -3.01. The van der Waals surface area contributed by atoms with E-state index in [-0.39, 0.29) is 11.1 Å². The Bertz CT molecular complexity index is 759. The molecule has 23 heavy (non-hydrogen) atoms. The Labute approximate surface area is 131 Å². The first-order chi connectivity index (χ1) is 11.2. The molecule has 2 heterocycles. The van der Waals surface area contributed by atoms with E-state index in [1.54, 1.807) is 0 Å². The molecule has 3 rings (SSSR count). The van der Waals surface area contributed by atoms with Crippen LogP contribution in [0.3, 0.4) is 0 Å². The molecule has 10 heteroatoms. The van der Waals surface area contributed by atoms with Gasteiger partial charge in [-0.15, -0.1) is 0 Å². The van der Waals surface area contributed by atoms with Crippen molar-refractivity contribution in [1.82, 2.24) is 19.9 Å². The van der Waals surface area contributed by atoms with E-state index in [9.17, 15) is 9.59 Å². The molecule has 0 atom stereocenters. The van der Waals surface area contributed by atoms with Crippen LogP contribution < -0.4 is 27.8 Å². The second kappa shape index (κ2) is 8.44. The third-order valence-electron chi connectivity index (χ3n) is 3.01. The first kappa shape index (κ1) is 16.4. The largest absolute Gasteiger partial charge is 0.313 e. The van der Waals surface area contributed by atoms with Crippen LogP contribution in [0, 0.1) is 0 Å². The number of nitrogens with two attached hydrogens (primary N) is 1. The summed E-state index contributed by atoms with van der Waals surface area (Å²) in [6.45, 7) is 0. The maximum atomic E-state index is 10.9. The normalized spacial score (nSPS) is 13.0. The smallest absolute Gasteiger partial charge is 0.252 e. The summed E-state index contributed by atoms with van der Waals surface area (Å²) in [5.74, 6) is 5.81. The topological polar surface area (TPSA) is 154 Å². The Morgan fingerprint density at radius 2 is 1.57 bits per heavy atom. The predicted molar refractivity (Wildman–Crippen MR) is 87.1 cm³/mol. The zero-order chi connectivity index (χ0) is 16.5. The van der Waals surface area contributed by atoms with Gasteiger partial charge < -0.3 is 15.4 Å². The van der Waals surface area contributed by atoms with Crippen LogP contribution >= 0.6 is 0 Å². The van der Waals surface area contributed by atoms with Gasteiger partial charge in [-0.2, -0.15) is 5.10 Å². The van der Waals surface area contributed by atoms with Crippen molar-refractivity contribution in [2.75, 3.05) is 10.9 Å². The van der Waals surface area contributed by atoms with Crippen molar-refractivity contribution in [3.8, 4) is 0 Å². The Kier molecular flexibility index (Phi) is 6.00. The lowest BCUT2D eigenvalue weighted by molar-refractivity contribution is 0.886. The number of H-pyrrole nitrogens is 2. The van der Waals surface area contributed by atoms with Crippen LogP contribution in [0.4, 0.5) is 11.6 Å². The van der Waals surface area contributed by atoms with Gasteiger partial charge in [0.2, 0.25) is 0 Å². The SMILES string of the molecule is NNc1cc(=O)[nH]cn1.O=c1cc(NN=C2CCCC2)nc[nH]1. The van der Waals surface area contributed by atoms with Crippen molar-refractivity contribution in [1.29, 1.82) is 0 Å². The molecule has 0 amide bonds. The molecule has 2 aromatic rings. The monoisotopic (exact) mass is 318 g/mol. The van der Waals surface area contributed by atoms with Gasteiger partial charge in [-0.1, -0.05) is 0 Å². The molecule has 122 valence electrons. The molecule has 1 fully saturated rings. The molecule has 1 aliphatic rings. The minimum Gasteiger partial charge on any atom is -0.313 e. The molecule has 0 unspecified atom stereocenters. The molecule has 0 aliphatic heterocycles. The van der Waals surface area contributed by atoms with Crippen LogP contribution in [0.1, 0.15) is 25.7 Å². The fourth-order valence-electron chi connectivity index (χ4n) is 1.91. The highest BCUT2D eigenvalue weighted by Gasteiger charge is 2.07. The molecule has 2 aromatic heterocycles. The van der Waals surface area contributed by atoms with E-state index in [4.69, 9.17) is 5.84 Å².